The molecule has 0 N–H and O–H groups in total. The lowest BCUT2D eigenvalue weighted by atomic mass is 9.79. The monoisotopic (exact) mass is 258 g/mol. The Labute approximate surface area is 115 Å². The van der Waals surface area contributed by atoms with E-state index in [4.69, 9.17) is 0 Å². The molecule has 3 nitrogen and oxygen atoms in total. The van der Waals surface area contributed by atoms with E-state index in [0.717, 1.165) is 39.0 Å². The van der Waals surface area contributed by atoms with Gasteiger partial charge in [0, 0.05) is 38.5 Å². The Balaban J connectivity index is 1.39. The van der Waals surface area contributed by atoms with Gasteiger partial charge in [-0.15, -0.1) is 0 Å². The molecule has 1 aromatic carbocycles. The molecule has 102 valence electrons. The summed E-state index contributed by atoms with van der Waals surface area (Å²) in [6.07, 6.45) is 3.13. The molecule has 1 amide bonds. The Morgan fingerprint density at radius 2 is 1.89 bits per heavy atom. The number of aryl methyl sites for hydroxylation is 1. The maximum atomic E-state index is 11.6. The Hall–Kier alpha value is -1.35. The number of benzene rings is 1. The van der Waals surface area contributed by atoms with Crippen molar-refractivity contribution >= 4 is 5.91 Å². The van der Waals surface area contributed by atoms with Gasteiger partial charge in [0.15, 0.2) is 0 Å². The Bertz CT molecular complexity index is 451. The van der Waals surface area contributed by atoms with Gasteiger partial charge in [0.2, 0.25) is 5.91 Å². The highest BCUT2D eigenvalue weighted by atomic mass is 16.2. The van der Waals surface area contributed by atoms with Crippen LogP contribution in [0, 0.1) is 5.41 Å². The van der Waals surface area contributed by atoms with Crippen molar-refractivity contribution in [2.75, 3.05) is 33.2 Å². The maximum absolute atomic E-state index is 11.6. The van der Waals surface area contributed by atoms with Gasteiger partial charge in [-0.05, 0) is 24.9 Å². The SMILES string of the molecule is CN1CC2(CC1=O)CN(CCCc1ccccc1)C2. The molecule has 2 aliphatic heterocycles. The fourth-order valence-electron chi connectivity index (χ4n) is 3.53. The highest BCUT2D eigenvalue weighted by Crippen LogP contribution is 2.39. The number of hydrogen-bond donors (Lipinski definition) is 0. The summed E-state index contributed by atoms with van der Waals surface area (Å²) in [7, 11) is 1.93. The minimum absolute atomic E-state index is 0.290. The molecule has 2 heterocycles. The molecule has 3 rings (SSSR count). The van der Waals surface area contributed by atoms with E-state index in [9.17, 15) is 4.79 Å². The highest BCUT2D eigenvalue weighted by Gasteiger charge is 2.49. The van der Waals surface area contributed by atoms with Crippen molar-refractivity contribution in [2.45, 2.75) is 19.3 Å². The number of carbonyl (C=O) groups is 1. The molecular weight excluding hydrogens is 236 g/mol. The van der Waals surface area contributed by atoms with E-state index in [0.29, 0.717) is 11.3 Å². The van der Waals surface area contributed by atoms with Crippen LogP contribution in [0.2, 0.25) is 0 Å². The third kappa shape index (κ3) is 2.66. The molecule has 2 fully saturated rings. The average Bonchev–Trinajstić information content (AvgIpc) is 2.66. The van der Waals surface area contributed by atoms with E-state index in [-0.39, 0.29) is 0 Å². The van der Waals surface area contributed by atoms with Crippen LogP contribution in [0.5, 0.6) is 0 Å². The van der Waals surface area contributed by atoms with Gasteiger partial charge < -0.3 is 9.80 Å². The van der Waals surface area contributed by atoms with E-state index in [1.165, 1.54) is 12.0 Å². The van der Waals surface area contributed by atoms with Crippen molar-refractivity contribution in [3.63, 3.8) is 0 Å². The number of hydrogen-bond acceptors (Lipinski definition) is 2. The van der Waals surface area contributed by atoms with Crippen molar-refractivity contribution < 1.29 is 4.79 Å². The van der Waals surface area contributed by atoms with Crippen LogP contribution in [0.25, 0.3) is 0 Å². The summed E-state index contributed by atoms with van der Waals surface area (Å²) in [5.41, 5.74) is 1.71. The third-order valence-corrected chi connectivity index (χ3v) is 4.43. The molecular formula is C16H22N2O. The van der Waals surface area contributed by atoms with E-state index < -0.39 is 0 Å². The molecule has 3 heteroatoms. The zero-order valence-corrected chi connectivity index (χ0v) is 11.6. The van der Waals surface area contributed by atoms with E-state index in [1.54, 1.807) is 0 Å². The van der Waals surface area contributed by atoms with Gasteiger partial charge in [0.05, 0.1) is 0 Å². The lowest BCUT2D eigenvalue weighted by Gasteiger charge is -2.47. The number of carbonyl (C=O) groups excluding carboxylic acids is 1. The van der Waals surface area contributed by atoms with Crippen molar-refractivity contribution in [2.24, 2.45) is 5.41 Å². The fourth-order valence-corrected chi connectivity index (χ4v) is 3.53. The van der Waals surface area contributed by atoms with Crippen LogP contribution in [0.3, 0.4) is 0 Å². The first-order valence-corrected chi connectivity index (χ1v) is 7.17. The Morgan fingerprint density at radius 1 is 1.16 bits per heavy atom. The van der Waals surface area contributed by atoms with Crippen LogP contribution in [0.4, 0.5) is 0 Å². The normalized spacial score (nSPS) is 21.9. The van der Waals surface area contributed by atoms with Crippen LogP contribution in [-0.2, 0) is 11.2 Å². The fraction of sp³-hybridized carbons (Fsp3) is 0.562. The Kier molecular flexibility index (Phi) is 3.31. The molecule has 0 aromatic heterocycles. The predicted octanol–water partition coefficient (Wildman–Crippen LogP) is 1.78. The largest absolute Gasteiger partial charge is 0.345 e. The minimum Gasteiger partial charge on any atom is -0.345 e. The third-order valence-electron chi connectivity index (χ3n) is 4.43. The summed E-state index contributed by atoms with van der Waals surface area (Å²) in [5, 5.41) is 0. The first kappa shape index (κ1) is 12.7. The quantitative estimate of drug-likeness (QED) is 0.822. The summed E-state index contributed by atoms with van der Waals surface area (Å²) >= 11 is 0. The second-order valence-electron chi connectivity index (χ2n) is 6.23. The van der Waals surface area contributed by atoms with Crippen molar-refractivity contribution in [1.29, 1.82) is 0 Å². The van der Waals surface area contributed by atoms with Gasteiger partial charge >= 0.3 is 0 Å². The number of rotatable bonds is 4. The van der Waals surface area contributed by atoms with Crippen LogP contribution in [0.1, 0.15) is 18.4 Å². The van der Waals surface area contributed by atoms with E-state index in [2.05, 4.69) is 35.2 Å². The number of nitrogens with zero attached hydrogens (tertiary/aromatic N) is 2. The number of amides is 1. The molecule has 0 bridgehead atoms. The van der Waals surface area contributed by atoms with Gasteiger partial charge in [-0.25, -0.2) is 0 Å². The highest BCUT2D eigenvalue weighted by molar-refractivity contribution is 5.79. The summed E-state index contributed by atoms with van der Waals surface area (Å²) in [5.74, 6) is 0.323. The molecule has 0 saturated carbocycles. The van der Waals surface area contributed by atoms with Crippen LogP contribution >= 0.6 is 0 Å². The molecule has 2 saturated heterocycles. The van der Waals surface area contributed by atoms with Gasteiger partial charge in [-0.1, -0.05) is 30.3 Å². The standard InChI is InChI=1S/C16H22N2O/c1-17-11-16(10-15(17)19)12-18(13-16)9-5-8-14-6-3-2-4-7-14/h2-4,6-7H,5,8-13H2,1H3. The lowest BCUT2D eigenvalue weighted by molar-refractivity contribution is -0.127. The lowest BCUT2D eigenvalue weighted by Crippen LogP contribution is -2.57. The molecule has 0 aliphatic carbocycles. The topological polar surface area (TPSA) is 23.6 Å². The van der Waals surface area contributed by atoms with Gasteiger partial charge in [0.1, 0.15) is 0 Å². The van der Waals surface area contributed by atoms with Crippen LogP contribution in [0.15, 0.2) is 30.3 Å². The smallest absolute Gasteiger partial charge is 0.223 e. The molecule has 2 aliphatic rings. The minimum atomic E-state index is 0.290. The second kappa shape index (κ2) is 4.97. The zero-order valence-electron chi connectivity index (χ0n) is 11.6. The molecule has 0 radical (unpaired) electrons. The number of likely N-dealkylation sites (tertiary alicyclic amines) is 2. The average molecular weight is 258 g/mol. The molecule has 0 unspecified atom stereocenters. The molecule has 0 atom stereocenters. The molecule has 1 aromatic rings. The first-order valence-electron chi connectivity index (χ1n) is 7.17. The van der Waals surface area contributed by atoms with Crippen LogP contribution in [-0.4, -0.2) is 48.9 Å². The van der Waals surface area contributed by atoms with Gasteiger partial charge in [0.25, 0.3) is 0 Å². The second-order valence-corrected chi connectivity index (χ2v) is 6.23. The van der Waals surface area contributed by atoms with Crippen molar-refractivity contribution in [3.05, 3.63) is 35.9 Å². The summed E-state index contributed by atoms with van der Waals surface area (Å²) < 4.78 is 0. The zero-order chi connectivity index (χ0) is 13.3. The first-order chi connectivity index (χ1) is 9.17. The van der Waals surface area contributed by atoms with Crippen LogP contribution < -0.4 is 0 Å². The van der Waals surface area contributed by atoms with Crippen molar-refractivity contribution in [3.8, 4) is 0 Å². The molecule has 1 spiro atoms. The van der Waals surface area contributed by atoms with E-state index in [1.807, 2.05) is 11.9 Å². The van der Waals surface area contributed by atoms with E-state index >= 15 is 0 Å². The van der Waals surface area contributed by atoms with Gasteiger partial charge in [-0.3, -0.25) is 4.79 Å². The molecule has 19 heavy (non-hydrogen) atoms. The Morgan fingerprint density at radius 3 is 2.53 bits per heavy atom. The summed E-state index contributed by atoms with van der Waals surface area (Å²) in [4.78, 5) is 16.0. The predicted molar refractivity (Wildman–Crippen MR) is 75.9 cm³/mol. The van der Waals surface area contributed by atoms with Crippen molar-refractivity contribution in [1.82, 2.24) is 9.80 Å². The maximum Gasteiger partial charge on any atom is 0.223 e. The summed E-state index contributed by atoms with van der Waals surface area (Å²) in [6, 6.07) is 10.7. The summed E-state index contributed by atoms with van der Waals surface area (Å²) in [6.45, 7) is 4.34. The van der Waals surface area contributed by atoms with Gasteiger partial charge in [-0.2, -0.15) is 0 Å².